The lowest BCUT2D eigenvalue weighted by Crippen LogP contribution is -2.13. The number of nitrogens with zero attached hydrogens (tertiary/aromatic N) is 2. The summed E-state index contributed by atoms with van der Waals surface area (Å²) in [4.78, 5) is 15.9. The monoisotopic (exact) mass is 792 g/mol. The number of nitrogens with one attached hydrogen (secondary N) is 2. The molecule has 4 aromatic carbocycles. The molecule has 0 amide bonds. The van der Waals surface area contributed by atoms with Crippen molar-refractivity contribution in [1.82, 2.24) is 19.9 Å². The molecule has 0 aliphatic carbocycles. The Morgan fingerprint density at radius 1 is 0.500 bits per heavy atom. The third-order valence-electron chi connectivity index (χ3n) is 6.69. The number of halogens is 6. The number of imidazole rings is 2. The van der Waals surface area contributed by atoms with E-state index in [2.05, 4.69) is 9.97 Å². The smallest absolute Gasteiger partial charge is 0.166 e. The molecule has 0 atom stereocenters. The van der Waals surface area contributed by atoms with E-state index in [0.717, 1.165) is 0 Å². The molecule has 0 saturated heterocycles. The molecule has 0 bridgehead atoms. The number of H-pyrrole nitrogens is 2. The van der Waals surface area contributed by atoms with Gasteiger partial charge in [-0.2, -0.15) is 0 Å². The number of hydrogen-bond donors (Lipinski definition) is 3. The van der Waals surface area contributed by atoms with Crippen LogP contribution in [0.15, 0.2) is 107 Å². The Labute approximate surface area is 291 Å². The van der Waals surface area contributed by atoms with Gasteiger partial charge in [0.25, 0.3) is 0 Å². The summed E-state index contributed by atoms with van der Waals surface area (Å²) in [6.07, 6.45) is -0.743. The highest BCUT2D eigenvalue weighted by Crippen LogP contribution is 2.35. The van der Waals surface area contributed by atoms with E-state index in [4.69, 9.17) is 9.97 Å². The lowest BCUT2D eigenvalue weighted by atomic mass is 10.1. The largest absolute Gasteiger partial charge is 0.391 e. The zero-order valence-electron chi connectivity index (χ0n) is 23.7. The number of aromatic nitrogens is 4. The Kier molecular flexibility index (Phi) is 12.3. The highest BCUT2D eigenvalue weighted by molar-refractivity contribution is 8.93. The fraction of sp³-hybridized carbons (Fsp3) is 0.0909. The van der Waals surface area contributed by atoms with Crippen molar-refractivity contribution >= 4 is 57.5 Å². The first-order valence-corrected chi connectivity index (χ1v) is 15.5. The number of aliphatic hydroxyl groups is 1. The molecule has 6 aromatic rings. The predicted molar refractivity (Wildman–Crippen MR) is 187 cm³/mol. The number of thioether (sulfide) groups is 2. The fourth-order valence-electron chi connectivity index (χ4n) is 4.52. The SMILES string of the molecule is Br.Br.OC(CSc1nc(-c2ccc(F)cc2)c(-c2ccc(F)cc2)[nH]1)CSc1nc(-c2ccc(F)cc2)c(-c2ccc(F)cc2)[nH]1. The molecule has 46 heavy (non-hydrogen) atoms. The third kappa shape index (κ3) is 8.51. The summed E-state index contributed by atoms with van der Waals surface area (Å²) >= 11 is 2.64. The summed E-state index contributed by atoms with van der Waals surface area (Å²) in [5, 5.41) is 11.9. The highest BCUT2D eigenvalue weighted by atomic mass is 79.9. The van der Waals surface area contributed by atoms with Crippen LogP contribution in [0.4, 0.5) is 17.6 Å². The third-order valence-corrected chi connectivity index (χ3v) is 8.73. The van der Waals surface area contributed by atoms with E-state index in [0.29, 0.717) is 66.8 Å². The predicted octanol–water partition coefficient (Wildman–Crippen LogP) is 9.76. The quantitative estimate of drug-likeness (QED) is 0.0952. The molecule has 2 aromatic heterocycles. The van der Waals surface area contributed by atoms with E-state index in [1.165, 1.54) is 72.1 Å². The molecule has 0 aliphatic rings. The van der Waals surface area contributed by atoms with E-state index < -0.39 is 6.10 Å². The van der Waals surface area contributed by atoms with E-state index in [9.17, 15) is 22.7 Å². The van der Waals surface area contributed by atoms with Gasteiger partial charge >= 0.3 is 0 Å². The topological polar surface area (TPSA) is 77.6 Å². The van der Waals surface area contributed by atoms with E-state index in [1.807, 2.05) is 0 Å². The second-order valence-corrected chi connectivity index (χ2v) is 11.9. The first kappa shape index (κ1) is 35.5. The van der Waals surface area contributed by atoms with Gasteiger partial charge in [-0.05, 0) is 97.1 Å². The summed E-state index contributed by atoms with van der Waals surface area (Å²) in [6.45, 7) is 0. The molecule has 3 N–H and O–H groups in total. The number of aromatic amines is 2. The van der Waals surface area contributed by atoms with Crippen LogP contribution in [-0.2, 0) is 0 Å². The number of hydrogen-bond acceptors (Lipinski definition) is 5. The van der Waals surface area contributed by atoms with Gasteiger partial charge in [-0.15, -0.1) is 34.0 Å². The van der Waals surface area contributed by atoms with E-state index in [-0.39, 0.29) is 57.2 Å². The Balaban J connectivity index is 0.00000240. The standard InChI is InChI=1S/C33H24F4N4OS2.2BrH/c34-23-9-1-19(2-10-23)28-29(20-3-11-24(35)12-4-20)39-32(38-28)43-17-27(42)18-44-33-40-30(21-5-13-25(36)14-6-21)31(41-33)22-7-15-26(37)16-8-22;;/h1-16,27,42H,17-18H2,(H,38,39)(H,40,41);2*1H. The van der Waals surface area contributed by atoms with Gasteiger partial charge in [0.1, 0.15) is 23.3 Å². The summed E-state index contributed by atoms with van der Waals surface area (Å²) in [5.41, 5.74) is 5.29. The fourth-order valence-corrected chi connectivity index (χ4v) is 6.27. The van der Waals surface area contributed by atoms with Crippen LogP contribution in [0.25, 0.3) is 45.0 Å². The van der Waals surface area contributed by atoms with Crippen LogP contribution < -0.4 is 0 Å². The molecule has 0 radical (unpaired) electrons. The minimum absolute atomic E-state index is 0. The molecule has 2 heterocycles. The van der Waals surface area contributed by atoms with Crippen molar-refractivity contribution in [3.05, 3.63) is 120 Å². The van der Waals surface area contributed by atoms with Crippen LogP contribution >= 0.6 is 57.5 Å². The van der Waals surface area contributed by atoms with Gasteiger partial charge in [0.05, 0.1) is 28.9 Å². The maximum absolute atomic E-state index is 13.6. The minimum Gasteiger partial charge on any atom is -0.391 e. The first-order valence-electron chi connectivity index (χ1n) is 13.5. The molecular weight excluding hydrogens is 768 g/mol. The Hall–Kier alpha value is -3.36. The number of benzene rings is 4. The summed E-state index contributed by atoms with van der Waals surface area (Å²) in [5.74, 6) is -0.843. The lowest BCUT2D eigenvalue weighted by Gasteiger charge is -2.07. The summed E-state index contributed by atoms with van der Waals surface area (Å²) in [7, 11) is 0. The van der Waals surface area contributed by atoms with Crippen LogP contribution in [-0.4, -0.2) is 42.7 Å². The Morgan fingerprint density at radius 3 is 1.09 bits per heavy atom. The van der Waals surface area contributed by atoms with E-state index in [1.54, 1.807) is 48.5 Å². The Morgan fingerprint density at radius 2 is 0.783 bits per heavy atom. The molecular formula is C33H26Br2F4N4OS2. The molecule has 13 heteroatoms. The van der Waals surface area contributed by atoms with Crippen molar-refractivity contribution in [1.29, 1.82) is 0 Å². The Bertz CT molecular complexity index is 1610. The van der Waals surface area contributed by atoms with Crippen LogP contribution in [0.2, 0.25) is 0 Å². The van der Waals surface area contributed by atoms with Crippen molar-refractivity contribution in [2.75, 3.05) is 11.5 Å². The van der Waals surface area contributed by atoms with Gasteiger partial charge in [-0.25, -0.2) is 27.5 Å². The summed E-state index contributed by atoms with van der Waals surface area (Å²) in [6, 6.07) is 23.9. The molecule has 0 spiro atoms. The minimum atomic E-state index is -0.743. The van der Waals surface area contributed by atoms with Crippen molar-refractivity contribution < 1.29 is 22.7 Å². The summed E-state index contributed by atoms with van der Waals surface area (Å²) < 4.78 is 54.3. The van der Waals surface area contributed by atoms with Gasteiger partial charge in [-0.3, -0.25) is 0 Å². The highest BCUT2D eigenvalue weighted by Gasteiger charge is 2.18. The zero-order valence-corrected chi connectivity index (χ0v) is 28.8. The number of rotatable bonds is 10. The number of aliphatic hydroxyl groups excluding tert-OH is 1. The molecule has 0 aliphatic heterocycles. The second-order valence-electron chi connectivity index (χ2n) is 9.83. The maximum Gasteiger partial charge on any atom is 0.166 e. The van der Waals surface area contributed by atoms with Gasteiger partial charge in [0.2, 0.25) is 0 Å². The van der Waals surface area contributed by atoms with Crippen molar-refractivity contribution in [3.63, 3.8) is 0 Å². The van der Waals surface area contributed by atoms with Gasteiger partial charge < -0.3 is 15.1 Å². The van der Waals surface area contributed by atoms with Crippen molar-refractivity contribution in [2.24, 2.45) is 0 Å². The van der Waals surface area contributed by atoms with E-state index >= 15 is 0 Å². The van der Waals surface area contributed by atoms with Crippen LogP contribution in [0, 0.1) is 23.3 Å². The first-order chi connectivity index (χ1) is 21.3. The zero-order chi connectivity index (χ0) is 30.6. The van der Waals surface area contributed by atoms with Crippen molar-refractivity contribution in [3.8, 4) is 45.0 Å². The lowest BCUT2D eigenvalue weighted by molar-refractivity contribution is 0.225. The normalized spacial score (nSPS) is 10.9. The van der Waals surface area contributed by atoms with Crippen LogP contribution in [0.1, 0.15) is 0 Å². The van der Waals surface area contributed by atoms with Gasteiger partial charge in [-0.1, -0.05) is 23.5 Å². The maximum atomic E-state index is 13.6. The molecule has 0 fully saturated rings. The molecule has 0 unspecified atom stereocenters. The van der Waals surface area contributed by atoms with Crippen LogP contribution in [0.3, 0.4) is 0 Å². The second kappa shape index (κ2) is 16.0. The molecule has 6 rings (SSSR count). The molecule has 5 nitrogen and oxygen atoms in total. The van der Waals surface area contributed by atoms with Crippen LogP contribution in [0.5, 0.6) is 0 Å². The van der Waals surface area contributed by atoms with Crippen molar-refractivity contribution in [2.45, 2.75) is 16.4 Å². The molecule has 0 saturated carbocycles. The van der Waals surface area contributed by atoms with Gasteiger partial charge in [0, 0.05) is 33.8 Å². The average molecular weight is 795 g/mol. The average Bonchev–Trinajstić information content (AvgIpc) is 3.66. The molecule has 238 valence electrons. The van der Waals surface area contributed by atoms with Gasteiger partial charge in [0.15, 0.2) is 10.3 Å².